The SMILES string of the molecule is O=C(NC1(C(=O)N[C@@H](CC2CC2)C(=O)O)CC1)OCC1c2ccccc2-c2ccccc21. The molecule has 166 valence electrons. The van der Waals surface area contributed by atoms with Crippen molar-refractivity contribution in [2.24, 2.45) is 5.92 Å². The number of fused-ring (bicyclic) bond motifs is 3. The van der Waals surface area contributed by atoms with Gasteiger partial charge in [0.1, 0.15) is 18.2 Å². The zero-order chi connectivity index (χ0) is 22.3. The van der Waals surface area contributed by atoms with Gasteiger partial charge in [0.2, 0.25) is 5.91 Å². The minimum Gasteiger partial charge on any atom is -0.480 e. The summed E-state index contributed by atoms with van der Waals surface area (Å²) >= 11 is 0. The van der Waals surface area contributed by atoms with Gasteiger partial charge in [-0.2, -0.15) is 0 Å². The third-order valence-corrected chi connectivity index (χ3v) is 6.74. The van der Waals surface area contributed by atoms with E-state index in [4.69, 9.17) is 4.74 Å². The predicted molar refractivity (Wildman–Crippen MR) is 117 cm³/mol. The van der Waals surface area contributed by atoms with E-state index < -0.39 is 29.6 Å². The maximum absolute atomic E-state index is 12.7. The Labute approximate surface area is 186 Å². The highest BCUT2D eigenvalue weighted by atomic mass is 16.5. The van der Waals surface area contributed by atoms with Gasteiger partial charge in [-0.1, -0.05) is 61.4 Å². The molecule has 0 spiro atoms. The number of hydrogen-bond donors (Lipinski definition) is 3. The monoisotopic (exact) mass is 434 g/mol. The van der Waals surface area contributed by atoms with Crippen LogP contribution in [-0.4, -0.2) is 41.3 Å². The van der Waals surface area contributed by atoms with Crippen LogP contribution in [0.1, 0.15) is 49.1 Å². The number of carbonyl (C=O) groups excluding carboxylic acids is 2. The van der Waals surface area contributed by atoms with E-state index in [0.29, 0.717) is 25.2 Å². The fourth-order valence-corrected chi connectivity index (χ4v) is 4.57. The Morgan fingerprint density at radius 1 is 1.00 bits per heavy atom. The van der Waals surface area contributed by atoms with Crippen LogP contribution >= 0.6 is 0 Å². The van der Waals surface area contributed by atoms with Crippen LogP contribution in [0.15, 0.2) is 48.5 Å². The van der Waals surface area contributed by atoms with Crippen LogP contribution in [0.3, 0.4) is 0 Å². The summed E-state index contributed by atoms with van der Waals surface area (Å²) in [6, 6.07) is 15.2. The Morgan fingerprint density at radius 3 is 2.12 bits per heavy atom. The smallest absolute Gasteiger partial charge is 0.408 e. The van der Waals surface area contributed by atoms with Gasteiger partial charge in [0.05, 0.1) is 0 Å². The average Bonchev–Trinajstić information content (AvgIpc) is 3.71. The van der Waals surface area contributed by atoms with Crippen LogP contribution < -0.4 is 10.6 Å². The lowest BCUT2D eigenvalue weighted by atomic mass is 9.98. The van der Waals surface area contributed by atoms with Gasteiger partial charge in [-0.15, -0.1) is 0 Å². The molecule has 2 aromatic carbocycles. The van der Waals surface area contributed by atoms with E-state index >= 15 is 0 Å². The standard InChI is InChI=1S/C25H26N2O5/c28-22(29)21(13-15-9-10-15)26-23(30)25(11-12-25)27-24(31)32-14-20-18-7-3-1-5-16(18)17-6-2-4-8-19(17)20/h1-8,15,20-21H,9-14H2,(H,26,30)(H,27,31)(H,28,29)/t21-/m0/s1. The summed E-state index contributed by atoms with van der Waals surface area (Å²) in [5, 5.41) is 14.7. The Bertz CT molecular complexity index is 1030. The summed E-state index contributed by atoms with van der Waals surface area (Å²) in [7, 11) is 0. The van der Waals surface area contributed by atoms with Crippen LogP contribution in [0, 0.1) is 5.92 Å². The lowest BCUT2D eigenvalue weighted by molar-refractivity contribution is -0.142. The summed E-state index contributed by atoms with van der Waals surface area (Å²) in [4.78, 5) is 36.8. The maximum atomic E-state index is 12.7. The molecular weight excluding hydrogens is 408 g/mol. The topological polar surface area (TPSA) is 105 Å². The van der Waals surface area contributed by atoms with E-state index in [2.05, 4.69) is 22.8 Å². The molecule has 2 saturated carbocycles. The third kappa shape index (κ3) is 3.95. The molecule has 2 amide bonds. The molecule has 3 N–H and O–H groups in total. The first-order valence-electron chi connectivity index (χ1n) is 11.1. The van der Waals surface area contributed by atoms with Crippen molar-refractivity contribution in [2.45, 2.75) is 49.6 Å². The van der Waals surface area contributed by atoms with Crippen molar-refractivity contribution < 1.29 is 24.2 Å². The molecule has 0 radical (unpaired) electrons. The first-order valence-corrected chi connectivity index (χ1v) is 11.1. The highest BCUT2D eigenvalue weighted by Crippen LogP contribution is 2.44. The zero-order valence-corrected chi connectivity index (χ0v) is 17.7. The van der Waals surface area contributed by atoms with Crippen molar-refractivity contribution >= 4 is 18.0 Å². The molecular formula is C25H26N2O5. The molecule has 3 aliphatic carbocycles. The molecule has 0 bridgehead atoms. The van der Waals surface area contributed by atoms with Gasteiger partial charge < -0.3 is 20.5 Å². The van der Waals surface area contributed by atoms with Gasteiger partial charge in [-0.25, -0.2) is 9.59 Å². The lowest BCUT2D eigenvalue weighted by Crippen LogP contribution is -2.53. The number of carbonyl (C=O) groups is 3. The molecule has 0 unspecified atom stereocenters. The molecule has 7 heteroatoms. The van der Waals surface area contributed by atoms with E-state index in [9.17, 15) is 19.5 Å². The molecule has 32 heavy (non-hydrogen) atoms. The Kier molecular flexibility index (Phi) is 5.12. The Hall–Kier alpha value is -3.35. The number of ether oxygens (including phenoxy) is 1. The number of amides is 2. The second kappa shape index (κ2) is 7.97. The number of rotatable bonds is 8. The summed E-state index contributed by atoms with van der Waals surface area (Å²) < 4.78 is 5.55. The largest absolute Gasteiger partial charge is 0.480 e. The van der Waals surface area contributed by atoms with Crippen LogP contribution in [0.4, 0.5) is 4.79 Å². The van der Waals surface area contributed by atoms with Crippen molar-refractivity contribution in [2.75, 3.05) is 6.61 Å². The van der Waals surface area contributed by atoms with E-state index in [1.54, 1.807) is 0 Å². The van der Waals surface area contributed by atoms with Gasteiger partial charge >= 0.3 is 12.1 Å². The summed E-state index contributed by atoms with van der Waals surface area (Å²) in [5.74, 6) is -1.19. The van der Waals surface area contributed by atoms with E-state index in [0.717, 1.165) is 35.1 Å². The molecule has 0 aliphatic heterocycles. The zero-order valence-electron chi connectivity index (χ0n) is 17.7. The number of alkyl carbamates (subject to hydrolysis) is 1. The molecule has 0 saturated heterocycles. The van der Waals surface area contributed by atoms with Crippen LogP contribution in [0.2, 0.25) is 0 Å². The van der Waals surface area contributed by atoms with E-state index in [1.807, 2.05) is 36.4 Å². The number of carboxylic acids is 1. The van der Waals surface area contributed by atoms with Crippen LogP contribution in [0.5, 0.6) is 0 Å². The first kappa shape index (κ1) is 20.5. The quantitative estimate of drug-likeness (QED) is 0.590. The third-order valence-electron chi connectivity index (χ3n) is 6.74. The van der Waals surface area contributed by atoms with Gasteiger partial charge in [0.15, 0.2) is 0 Å². The minimum absolute atomic E-state index is 0.0629. The highest BCUT2D eigenvalue weighted by Gasteiger charge is 2.52. The fourth-order valence-electron chi connectivity index (χ4n) is 4.57. The molecule has 0 heterocycles. The van der Waals surface area contributed by atoms with Crippen molar-refractivity contribution in [1.29, 1.82) is 0 Å². The molecule has 3 aliphatic rings. The number of aliphatic carboxylic acids is 1. The number of benzene rings is 2. The summed E-state index contributed by atoms with van der Waals surface area (Å²) in [6.45, 7) is 0.164. The predicted octanol–water partition coefficient (Wildman–Crippen LogP) is 3.43. The van der Waals surface area contributed by atoms with Crippen molar-refractivity contribution in [3.63, 3.8) is 0 Å². The lowest BCUT2D eigenvalue weighted by Gasteiger charge is -2.21. The van der Waals surface area contributed by atoms with Crippen molar-refractivity contribution in [3.8, 4) is 11.1 Å². The average molecular weight is 434 g/mol. The van der Waals surface area contributed by atoms with Crippen molar-refractivity contribution in [1.82, 2.24) is 10.6 Å². The van der Waals surface area contributed by atoms with E-state index in [-0.39, 0.29) is 12.5 Å². The summed E-state index contributed by atoms with van der Waals surface area (Å²) in [5.41, 5.74) is 3.45. The van der Waals surface area contributed by atoms with Gasteiger partial charge in [-0.3, -0.25) is 4.79 Å². The molecule has 1 atom stereocenters. The normalized spacial score (nSPS) is 18.8. The highest BCUT2D eigenvalue weighted by molar-refractivity contribution is 5.95. The second-order valence-corrected chi connectivity index (χ2v) is 9.08. The van der Waals surface area contributed by atoms with E-state index in [1.165, 1.54) is 0 Å². The Morgan fingerprint density at radius 2 is 1.59 bits per heavy atom. The van der Waals surface area contributed by atoms with Gasteiger partial charge in [0.25, 0.3) is 0 Å². The first-order chi connectivity index (χ1) is 15.5. The van der Waals surface area contributed by atoms with Gasteiger partial charge in [0, 0.05) is 5.92 Å². The maximum Gasteiger partial charge on any atom is 0.408 e. The second-order valence-electron chi connectivity index (χ2n) is 9.08. The van der Waals surface area contributed by atoms with Gasteiger partial charge in [-0.05, 0) is 47.4 Å². The molecule has 5 rings (SSSR count). The molecule has 0 aromatic heterocycles. The minimum atomic E-state index is -1.07. The fraction of sp³-hybridized carbons (Fsp3) is 0.400. The Balaban J connectivity index is 1.21. The summed E-state index contributed by atoms with van der Waals surface area (Å²) in [6.07, 6.45) is 2.72. The number of nitrogens with one attached hydrogen (secondary N) is 2. The molecule has 2 aromatic rings. The molecule has 2 fully saturated rings. The van der Waals surface area contributed by atoms with Crippen LogP contribution in [0.25, 0.3) is 11.1 Å². The van der Waals surface area contributed by atoms with Crippen molar-refractivity contribution in [3.05, 3.63) is 59.7 Å². The van der Waals surface area contributed by atoms with Crippen LogP contribution in [-0.2, 0) is 14.3 Å². The molecule has 7 nitrogen and oxygen atoms in total. The number of carboxylic acid groups (broad SMARTS) is 1. The number of hydrogen-bond acceptors (Lipinski definition) is 4.